The second-order valence-electron chi connectivity index (χ2n) is 7.66. The van der Waals surface area contributed by atoms with Crippen LogP contribution >= 0.6 is 24.0 Å². The van der Waals surface area contributed by atoms with Gasteiger partial charge >= 0.3 is 0 Å². The molecule has 0 fully saturated rings. The van der Waals surface area contributed by atoms with E-state index in [4.69, 9.17) is 14.5 Å². The van der Waals surface area contributed by atoms with Crippen molar-refractivity contribution in [1.29, 1.82) is 0 Å². The number of ether oxygens (including phenoxy) is 2. The number of nitrogens with zero attached hydrogens (tertiary/aromatic N) is 3. The van der Waals surface area contributed by atoms with Gasteiger partial charge < -0.3 is 24.6 Å². The molecule has 0 saturated heterocycles. The van der Waals surface area contributed by atoms with E-state index in [9.17, 15) is 4.79 Å². The molecule has 0 saturated carbocycles. The first kappa shape index (κ1) is 27.3. The number of hydrogen-bond acceptors (Lipinski definition) is 4. The number of benzene rings is 1. The molecule has 0 aliphatic carbocycles. The highest BCUT2D eigenvalue weighted by molar-refractivity contribution is 14.0. The summed E-state index contributed by atoms with van der Waals surface area (Å²) in [6.45, 7) is 8.12. The maximum absolute atomic E-state index is 12.7. The Hall–Kier alpha value is -1.71. The lowest BCUT2D eigenvalue weighted by Gasteiger charge is -2.29. The van der Waals surface area contributed by atoms with Crippen molar-refractivity contribution in [3.05, 3.63) is 23.3 Å². The minimum absolute atomic E-state index is 0. The number of unbranched alkanes of at least 4 members (excludes halogenated alkanes) is 1. The first-order chi connectivity index (χ1) is 14.5. The molecule has 0 bridgehead atoms. The average Bonchev–Trinajstić information content (AvgIpc) is 2.77. The summed E-state index contributed by atoms with van der Waals surface area (Å²) in [4.78, 5) is 21.5. The van der Waals surface area contributed by atoms with Gasteiger partial charge in [0.1, 0.15) is 0 Å². The predicted molar refractivity (Wildman–Crippen MR) is 137 cm³/mol. The summed E-state index contributed by atoms with van der Waals surface area (Å²) in [5.41, 5.74) is 2.36. The summed E-state index contributed by atoms with van der Waals surface area (Å²) in [6, 6.07) is 4.02. The zero-order chi connectivity index (χ0) is 21.9. The Morgan fingerprint density at radius 1 is 1.16 bits per heavy atom. The van der Waals surface area contributed by atoms with Gasteiger partial charge in [-0.15, -0.1) is 24.0 Å². The highest BCUT2D eigenvalue weighted by Crippen LogP contribution is 2.33. The van der Waals surface area contributed by atoms with Crippen molar-refractivity contribution in [3.8, 4) is 11.5 Å². The van der Waals surface area contributed by atoms with Crippen LogP contribution < -0.4 is 14.8 Å². The van der Waals surface area contributed by atoms with Crippen molar-refractivity contribution in [2.45, 2.75) is 52.5 Å². The van der Waals surface area contributed by atoms with Crippen LogP contribution in [0.2, 0.25) is 0 Å². The Morgan fingerprint density at radius 3 is 2.45 bits per heavy atom. The number of hydrogen-bond donors (Lipinski definition) is 1. The molecule has 1 aromatic rings. The third-order valence-corrected chi connectivity index (χ3v) is 5.42. The molecule has 1 aromatic carbocycles. The molecule has 0 unspecified atom stereocenters. The Balaban J connectivity index is 0.00000480. The molecule has 1 aliphatic heterocycles. The van der Waals surface area contributed by atoms with E-state index in [1.165, 1.54) is 5.56 Å². The fourth-order valence-corrected chi connectivity index (χ4v) is 3.64. The SMILES string of the molecule is CCCCN(C)C(=NCCCC(=O)N1CCc2cc(OC)c(OC)cc2C1)NCC.I. The first-order valence-corrected chi connectivity index (χ1v) is 11.0. The van der Waals surface area contributed by atoms with Crippen LogP contribution in [-0.4, -0.2) is 69.1 Å². The van der Waals surface area contributed by atoms with Crippen LogP contribution in [0.25, 0.3) is 0 Å². The highest BCUT2D eigenvalue weighted by atomic mass is 127. The quantitative estimate of drug-likeness (QED) is 0.210. The molecule has 0 spiro atoms. The lowest BCUT2D eigenvalue weighted by Crippen LogP contribution is -2.39. The number of rotatable bonds is 10. The highest BCUT2D eigenvalue weighted by Gasteiger charge is 2.22. The topological polar surface area (TPSA) is 66.4 Å². The van der Waals surface area contributed by atoms with E-state index in [2.05, 4.69) is 31.1 Å². The number of guanidine groups is 1. The van der Waals surface area contributed by atoms with Crippen LogP contribution in [-0.2, 0) is 17.8 Å². The third kappa shape index (κ3) is 8.05. The van der Waals surface area contributed by atoms with E-state index in [-0.39, 0.29) is 29.9 Å². The van der Waals surface area contributed by atoms with Gasteiger partial charge in [0.05, 0.1) is 14.2 Å². The van der Waals surface area contributed by atoms with Crippen LogP contribution in [0.3, 0.4) is 0 Å². The zero-order valence-electron chi connectivity index (χ0n) is 19.7. The number of aliphatic imine (C=N–C) groups is 1. The van der Waals surface area contributed by atoms with E-state index < -0.39 is 0 Å². The number of methoxy groups -OCH3 is 2. The largest absolute Gasteiger partial charge is 0.493 e. The molecule has 1 amide bonds. The van der Waals surface area contributed by atoms with Gasteiger partial charge in [0.15, 0.2) is 17.5 Å². The number of amides is 1. The molecule has 0 aromatic heterocycles. The number of fused-ring (bicyclic) bond motifs is 1. The van der Waals surface area contributed by atoms with E-state index >= 15 is 0 Å². The molecule has 0 atom stereocenters. The van der Waals surface area contributed by atoms with Crippen molar-refractivity contribution < 1.29 is 14.3 Å². The Labute approximate surface area is 204 Å². The lowest BCUT2D eigenvalue weighted by molar-refractivity contribution is -0.132. The Bertz CT molecular complexity index is 727. The lowest BCUT2D eigenvalue weighted by atomic mass is 9.98. The summed E-state index contributed by atoms with van der Waals surface area (Å²) < 4.78 is 10.8. The molecule has 31 heavy (non-hydrogen) atoms. The average molecular weight is 546 g/mol. The molecule has 1 aliphatic rings. The molecule has 1 N–H and O–H groups in total. The smallest absolute Gasteiger partial charge is 0.222 e. The van der Waals surface area contributed by atoms with E-state index in [1.54, 1.807) is 14.2 Å². The van der Waals surface area contributed by atoms with Gasteiger partial charge in [0.2, 0.25) is 5.91 Å². The van der Waals surface area contributed by atoms with Crippen molar-refractivity contribution in [2.24, 2.45) is 4.99 Å². The standard InChI is InChI=1S/C23H38N4O3.HI/c1-6-8-13-26(3)23(24-7-2)25-12-9-10-22(28)27-14-11-18-15-20(29-4)21(30-5)16-19(18)17-27;/h15-16H,6-14,17H2,1-5H3,(H,24,25);1H. The molecule has 176 valence electrons. The zero-order valence-corrected chi connectivity index (χ0v) is 22.0. The third-order valence-electron chi connectivity index (χ3n) is 5.42. The molecule has 2 rings (SSSR count). The summed E-state index contributed by atoms with van der Waals surface area (Å²) in [5.74, 6) is 2.57. The summed E-state index contributed by atoms with van der Waals surface area (Å²) in [6.07, 6.45) is 4.42. The minimum Gasteiger partial charge on any atom is -0.493 e. The van der Waals surface area contributed by atoms with Gasteiger partial charge in [-0.1, -0.05) is 13.3 Å². The fourth-order valence-electron chi connectivity index (χ4n) is 3.64. The second kappa shape index (κ2) is 14.4. The molecule has 8 heteroatoms. The van der Waals surface area contributed by atoms with Crippen molar-refractivity contribution >= 4 is 35.8 Å². The number of carbonyl (C=O) groups excluding carboxylic acids is 1. The molecule has 1 heterocycles. The van der Waals surface area contributed by atoms with Crippen LogP contribution in [0.1, 0.15) is 50.7 Å². The van der Waals surface area contributed by atoms with Gasteiger partial charge in [-0.2, -0.15) is 0 Å². The van der Waals surface area contributed by atoms with Crippen LogP contribution in [0.5, 0.6) is 11.5 Å². The molecule has 7 nitrogen and oxygen atoms in total. The van der Waals surface area contributed by atoms with Crippen LogP contribution in [0.15, 0.2) is 17.1 Å². The van der Waals surface area contributed by atoms with Gasteiger partial charge in [-0.25, -0.2) is 0 Å². The summed E-state index contributed by atoms with van der Waals surface area (Å²) in [7, 11) is 5.35. The van der Waals surface area contributed by atoms with E-state index in [1.807, 2.05) is 17.0 Å². The maximum atomic E-state index is 12.7. The van der Waals surface area contributed by atoms with E-state index in [0.717, 1.165) is 62.6 Å². The number of carbonyl (C=O) groups is 1. The molecule has 0 radical (unpaired) electrons. The van der Waals surface area contributed by atoms with Crippen LogP contribution in [0.4, 0.5) is 0 Å². The normalized spacial score (nSPS) is 13.2. The number of nitrogens with one attached hydrogen (secondary N) is 1. The predicted octanol–water partition coefficient (Wildman–Crippen LogP) is 3.68. The molecular weight excluding hydrogens is 507 g/mol. The fraction of sp³-hybridized carbons (Fsp3) is 0.652. The maximum Gasteiger partial charge on any atom is 0.222 e. The molecular formula is C23H39IN4O3. The minimum atomic E-state index is 0. The van der Waals surface area contributed by atoms with Crippen molar-refractivity contribution in [1.82, 2.24) is 15.1 Å². The van der Waals surface area contributed by atoms with E-state index in [0.29, 0.717) is 25.3 Å². The van der Waals surface area contributed by atoms with Gasteiger partial charge in [-0.05, 0) is 49.4 Å². The van der Waals surface area contributed by atoms with Crippen LogP contribution in [0, 0.1) is 0 Å². The second-order valence-corrected chi connectivity index (χ2v) is 7.66. The van der Waals surface area contributed by atoms with Gasteiger partial charge in [0, 0.05) is 46.2 Å². The van der Waals surface area contributed by atoms with Crippen molar-refractivity contribution in [3.63, 3.8) is 0 Å². The monoisotopic (exact) mass is 546 g/mol. The van der Waals surface area contributed by atoms with Gasteiger partial charge in [-0.3, -0.25) is 9.79 Å². The number of halogens is 1. The first-order valence-electron chi connectivity index (χ1n) is 11.0. The Morgan fingerprint density at radius 2 is 1.84 bits per heavy atom. The van der Waals surface area contributed by atoms with Crippen molar-refractivity contribution in [2.75, 3.05) is 47.4 Å². The summed E-state index contributed by atoms with van der Waals surface area (Å²) in [5, 5.41) is 3.33. The Kier molecular flexibility index (Phi) is 12.7. The summed E-state index contributed by atoms with van der Waals surface area (Å²) >= 11 is 0. The van der Waals surface area contributed by atoms with Gasteiger partial charge in [0.25, 0.3) is 0 Å².